The number of aromatic nitrogens is 3. The lowest BCUT2D eigenvalue weighted by atomic mass is 10.1. The first-order valence-corrected chi connectivity index (χ1v) is 5.21. The Kier molecular flexibility index (Phi) is 4.53. The molecular weight excluding hydrogens is 319 g/mol. The SMILES string of the molecule is C.C[n+]1nn(OC(F)F)c2cc([N+](=O)[O-])cc(C(F)(F)F)c21. The molecule has 0 unspecified atom stereocenters. The van der Waals surface area contributed by atoms with E-state index in [9.17, 15) is 32.1 Å². The van der Waals surface area contributed by atoms with Gasteiger partial charge in [0.2, 0.25) is 5.52 Å². The maximum Gasteiger partial charge on any atom is 0.429 e. The Morgan fingerprint density at radius 3 is 2.45 bits per heavy atom. The van der Waals surface area contributed by atoms with Crippen LogP contribution in [0.3, 0.4) is 0 Å². The van der Waals surface area contributed by atoms with E-state index in [2.05, 4.69) is 10.1 Å². The average molecular weight is 329 g/mol. The number of benzene rings is 1. The minimum Gasteiger partial charge on any atom is -0.258 e. The zero-order valence-electron chi connectivity index (χ0n) is 10.1. The lowest BCUT2D eigenvalue weighted by Gasteiger charge is -2.05. The van der Waals surface area contributed by atoms with Gasteiger partial charge in [0.15, 0.2) is 0 Å². The van der Waals surface area contributed by atoms with Crippen LogP contribution in [0, 0.1) is 10.1 Å². The molecule has 122 valence electrons. The number of nitro benzene ring substituents is 1. The fraction of sp³-hybridized carbons (Fsp3) is 0.400. The van der Waals surface area contributed by atoms with Crippen molar-refractivity contribution in [2.75, 3.05) is 0 Å². The van der Waals surface area contributed by atoms with E-state index in [-0.39, 0.29) is 12.3 Å². The van der Waals surface area contributed by atoms with Gasteiger partial charge in [-0.2, -0.15) is 22.0 Å². The molecule has 22 heavy (non-hydrogen) atoms. The number of nitrogens with zero attached hydrogens (tertiary/aromatic N) is 4. The smallest absolute Gasteiger partial charge is 0.258 e. The van der Waals surface area contributed by atoms with E-state index in [1.807, 2.05) is 0 Å². The Labute approximate surface area is 119 Å². The second kappa shape index (κ2) is 5.69. The Bertz CT molecular complexity index is 713. The van der Waals surface area contributed by atoms with Gasteiger partial charge >= 0.3 is 12.8 Å². The highest BCUT2D eigenvalue weighted by Gasteiger charge is 2.40. The van der Waals surface area contributed by atoms with Gasteiger partial charge < -0.3 is 0 Å². The Hall–Kier alpha value is -2.53. The van der Waals surface area contributed by atoms with Crippen LogP contribution in [0.25, 0.3) is 11.0 Å². The standard InChI is InChI=1S/C9H6F5N4O3.CH4/c1-16-7-5(9(12,13)14)2-4(18(19)20)3-6(7)17(15-16)21-8(10)11;/h2-3,8H,1H3;1H4/q+1;. The Morgan fingerprint density at radius 1 is 1.41 bits per heavy atom. The number of non-ortho nitro benzene ring substituents is 1. The number of fused-ring (bicyclic) bond motifs is 1. The fourth-order valence-corrected chi connectivity index (χ4v) is 1.78. The lowest BCUT2D eigenvalue weighted by Crippen LogP contribution is -2.34. The first-order valence-electron chi connectivity index (χ1n) is 5.21. The molecular formula is C10H10F5N4O3+. The third-order valence-corrected chi connectivity index (χ3v) is 2.52. The molecule has 7 nitrogen and oxygen atoms in total. The second-order valence-corrected chi connectivity index (χ2v) is 3.87. The molecule has 0 aliphatic carbocycles. The monoisotopic (exact) mass is 329 g/mol. The van der Waals surface area contributed by atoms with Gasteiger partial charge in [0.05, 0.1) is 15.8 Å². The molecule has 2 aromatic rings. The molecule has 2 rings (SSSR count). The predicted molar refractivity (Wildman–Crippen MR) is 61.9 cm³/mol. The van der Waals surface area contributed by atoms with Gasteiger partial charge in [0.25, 0.3) is 11.2 Å². The molecule has 12 heteroatoms. The molecule has 1 aromatic heterocycles. The van der Waals surface area contributed by atoms with Crippen molar-refractivity contribution in [1.29, 1.82) is 0 Å². The summed E-state index contributed by atoms with van der Waals surface area (Å²) in [6.45, 7) is -3.36. The molecule has 1 aromatic carbocycles. The van der Waals surface area contributed by atoms with Crippen molar-refractivity contribution in [3.8, 4) is 0 Å². The molecule has 0 aliphatic heterocycles. The van der Waals surface area contributed by atoms with Crippen molar-refractivity contribution >= 4 is 16.7 Å². The normalized spacial score (nSPS) is 11.6. The van der Waals surface area contributed by atoms with Gasteiger partial charge in [-0.15, -0.1) is 4.68 Å². The molecule has 1 heterocycles. The van der Waals surface area contributed by atoms with Crippen molar-refractivity contribution < 1.29 is 36.4 Å². The summed E-state index contributed by atoms with van der Waals surface area (Å²) in [7, 11) is 1.06. The Balaban J connectivity index is 0.00000242. The van der Waals surface area contributed by atoms with Gasteiger partial charge in [-0.05, 0) is 0 Å². The van der Waals surface area contributed by atoms with Crippen LogP contribution in [0.1, 0.15) is 13.0 Å². The zero-order chi connectivity index (χ0) is 15.9. The second-order valence-electron chi connectivity index (χ2n) is 3.87. The summed E-state index contributed by atoms with van der Waals surface area (Å²) in [5, 5.41) is 14.0. The first kappa shape index (κ1) is 17.5. The van der Waals surface area contributed by atoms with Crippen LogP contribution >= 0.6 is 0 Å². The van der Waals surface area contributed by atoms with Crippen LogP contribution in [-0.4, -0.2) is 21.6 Å². The number of nitro groups is 1. The number of aryl methyl sites for hydroxylation is 1. The van der Waals surface area contributed by atoms with E-state index in [1.165, 1.54) is 0 Å². The summed E-state index contributed by atoms with van der Waals surface area (Å²) >= 11 is 0. The number of hydrogen-bond acceptors (Lipinski definition) is 4. The Morgan fingerprint density at radius 2 is 2.00 bits per heavy atom. The van der Waals surface area contributed by atoms with Crippen LogP contribution in [0.5, 0.6) is 0 Å². The van der Waals surface area contributed by atoms with Crippen molar-refractivity contribution in [2.24, 2.45) is 7.05 Å². The van der Waals surface area contributed by atoms with Gasteiger partial charge in [-0.25, -0.2) is 4.84 Å². The van der Waals surface area contributed by atoms with E-state index in [1.54, 1.807) is 0 Å². The van der Waals surface area contributed by atoms with Crippen LogP contribution in [0.15, 0.2) is 12.1 Å². The van der Waals surface area contributed by atoms with E-state index in [0.29, 0.717) is 16.8 Å². The molecule has 0 saturated carbocycles. The fourth-order valence-electron chi connectivity index (χ4n) is 1.78. The summed E-state index contributed by atoms with van der Waals surface area (Å²) in [5.74, 6) is 0. The van der Waals surface area contributed by atoms with Gasteiger partial charge in [-0.3, -0.25) is 10.1 Å². The highest BCUT2D eigenvalue weighted by atomic mass is 19.4. The molecule has 0 saturated heterocycles. The first-order chi connectivity index (χ1) is 9.61. The van der Waals surface area contributed by atoms with E-state index < -0.39 is 40.0 Å². The van der Waals surface area contributed by atoms with E-state index in [4.69, 9.17) is 0 Å². The summed E-state index contributed by atoms with van der Waals surface area (Å²) in [4.78, 5) is 13.6. The third kappa shape index (κ3) is 3.04. The summed E-state index contributed by atoms with van der Waals surface area (Å²) in [5.41, 5.74) is -3.51. The number of hydrogen-bond donors (Lipinski definition) is 0. The molecule has 0 bridgehead atoms. The predicted octanol–water partition coefficient (Wildman–Crippen LogP) is 2.08. The minimum absolute atomic E-state index is 0. The molecule has 0 aliphatic rings. The molecule has 0 spiro atoms. The average Bonchev–Trinajstić information content (AvgIpc) is 2.63. The number of alkyl halides is 5. The van der Waals surface area contributed by atoms with Crippen molar-refractivity contribution in [1.82, 2.24) is 10.1 Å². The summed E-state index contributed by atoms with van der Waals surface area (Å²) in [6, 6.07) is 0.969. The molecule has 0 amide bonds. The highest BCUT2D eigenvalue weighted by Crippen LogP contribution is 2.35. The number of halogens is 5. The summed E-state index contributed by atoms with van der Waals surface area (Å²) < 4.78 is 63.9. The van der Waals surface area contributed by atoms with Crippen LogP contribution in [-0.2, 0) is 13.2 Å². The largest absolute Gasteiger partial charge is 0.429 e. The zero-order valence-corrected chi connectivity index (χ0v) is 10.1. The maximum atomic E-state index is 13.0. The van der Waals surface area contributed by atoms with E-state index in [0.717, 1.165) is 7.05 Å². The van der Waals surface area contributed by atoms with Gasteiger partial charge in [0, 0.05) is 6.07 Å². The van der Waals surface area contributed by atoms with Crippen molar-refractivity contribution in [2.45, 2.75) is 20.2 Å². The topological polar surface area (TPSA) is 74.1 Å². The van der Waals surface area contributed by atoms with Gasteiger partial charge in [-0.1, -0.05) is 7.43 Å². The van der Waals surface area contributed by atoms with Crippen molar-refractivity contribution in [3.05, 3.63) is 27.8 Å². The minimum atomic E-state index is -4.93. The highest BCUT2D eigenvalue weighted by molar-refractivity contribution is 5.78. The van der Waals surface area contributed by atoms with Crippen LogP contribution in [0.2, 0.25) is 0 Å². The van der Waals surface area contributed by atoms with Crippen LogP contribution < -0.4 is 9.52 Å². The molecule has 0 atom stereocenters. The lowest BCUT2D eigenvalue weighted by molar-refractivity contribution is -0.712. The maximum absolute atomic E-state index is 13.0. The van der Waals surface area contributed by atoms with Crippen molar-refractivity contribution in [3.63, 3.8) is 0 Å². The third-order valence-electron chi connectivity index (χ3n) is 2.52. The number of rotatable bonds is 3. The van der Waals surface area contributed by atoms with E-state index >= 15 is 0 Å². The molecule has 0 N–H and O–H groups in total. The molecule has 0 fully saturated rings. The quantitative estimate of drug-likeness (QED) is 0.374. The van der Waals surface area contributed by atoms with Crippen LogP contribution in [0.4, 0.5) is 27.6 Å². The summed E-state index contributed by atoms with van der Waals surface area (Å²) in [6.07, 6.45) is -4.93. The molecule has 0 radical (unpaired) electrons. The van der Waals surface area contributed by atoms with Gasteiger partial charge in [0.1, 0.15) is 17.8 Å².